The Morgan fingerprint density at radius 2 is 1.95 bits per heavy atom. The Hall–Kier alpha value is -1.58. The molecule has 0 aliphatic rings. The molecule has 0 saturated carbocycles. The fraction of sp³-hybridized carbons (Fsp3) is 0.300. The Kier molecular flexibility index (Phi) is 4.92. The first-order valence-corrected chi connectivity index (χ1v) is 6.50. The van der Waals surface area contributed by atoms with E-state index in [1.807, 2.05) is 0 Å². The predicted octanol–water partition coefficient (Wildman–Crippen LogP) is 0.415. The fourth-order valence-electron chi connectivity index (χ4n) is 1.17. The monoisotopic (exact) mass is 295 g/mol. The number of carbonyl (C=O) groups is 1. The van der Waals surface area contributed by atoms with Crippen molar-refractivity contribution in [2.24, 2.45) is 5.14 Å². The third kappa shape index (κ3) is 3.94. The molecule has 1 rings (SSSR count). The molecule has 1 aromatic carbocycles. The van der Waals surface area contributed by atoms with Gasteiger partial charge in [0.15, 0.2) is 11.6 Å². The van der Waals surface area contributed by atoms with E-state index in [0.717, 1.165) is 0 Å². The van der Waals surface area contributed by atoms with Gasteiger partial charge in [0.1, 0.15) is 6.61 Å². The molecule has 0 heterocycles. The summed E-state index contributed by atoms with van der Waals surface area (Å²) in [5, 5.41) is 4.78. The first-order valence-electron chi connectivity index (χ1n) is 4.95. The molecule has 0 fully saturated rings. The summed E-state index contributed by atoms with van der Waals surface area (Å²) in [5.41, 5.74) is -0.847. The summed E-state index contributed by atoms with van der Waals surface area (Å²) < 4.78 is 57.8. The zero-order valence-electron chi connectivity index (χ0n) is 9.85. The largest absolute Gasteiger partial charge is 0.460 e. The first kappa shape index (κ1) is 15.5. The fourth-order valence-corrected chi connectivity index (χ4v) is 1.72. The number of hydrogen-bond donors (Lipinski definition) is 1. The van der Waals surface area contributed by atoms with Crippen molar-refractivity contribution < 1.29 is 31.5 Å². The zero-order valence-corrected chi connectivity index (χ0v) is 10.7. The molecule has 2 N–H and O–H groups in total. The maximum atomic E-state index is 13.4. The second-order valence-corrected chi connectivity index (χ2v) is 5.00. The van der Waals surface area contributed by atoms with Gasteiger partial charge in [-0.25, -0.2) is 27.1 Å². The van der Waals surface area contributed by atoms with Gasteiger partial charge in [0, 0.05) is 7.11 Å². The lowest BCUT2D eigenvalue weighted by atomic mass is 10.2. The van der Waals surface area contributed by atoms with Crippen LogP contribution in [0.25, 0.3) is 0 Å². The van der Waals surface area contributed by atoms with Gasteiger partial charge in [-0.3, -0.25) is 0 Å². The molecule has 19 heavy (non-hydrogen) atoms. The first-order chi connectivity index (χ1) is 8.77. The molecule has 0 aromatic heterocycles. The maximum Gasteiger partial charge on any atom is 0.341 e. The van der Waals surface area contributed by atoms with Crippen LogP contribution in [0, 0.1) is 11.6 Å². The number of sulfonamides is 1. The van der Waals surface area contributed by atoms with Crippen LogP contribution >= 0.6 is 0 Å². The highest BCUT2D eigenvalue weighted by molar-refractivity contribution is 7.89. The number of primary sulfonamides is 1. The zero-order chi connectivity index (χ0) is 14.6. The number of nitrogens with two attached hydrogens (primary N) is 1. The van der Waals surface area contributed by atoms with Gasteiger partial charge in [-0.1, -0.05) is 0 Å². The van der Waals surface area contributed by atoms with Gasteiger partial charge in [0.05, 0.1) is 17.1 Å². The Bertz CT molecular complexity index is 588. The number of methoxy groups -OCH3 is 1. The topological polar surface area (TPSA) is 95.7 Å². The van der Waals surface area contributed by atoms with Crippen molar-refractivity contribution >= 4 is 16.0 Å². The average molecular weight is 295 g/mol. The Labute approximate surface area is 108 Å². The minimum absolute atomic E-state index is 0.0602. The third-order valence-corrected chi connectivity index (χ3v) is 2.96. The van der Waals surface area contributed by atoms with E-state index in [4.69, 9.17) is 5.14 Å². The standard InChI is InChI=1S/C10H11F2NO5S/c1-17-2-3-18-10(14)7-4-6(19(13,15)16)5-8(11)9(7)12/h4-5H,2-3H2,1H3,(H2,13,15,16). The second kappa shape index (κ2) is 6.04. The molecule has 6 nitrogen and oxygen atoms in total. The molecule has 0 aliphatic heterocycles. The third-order valence-electron chi connectivity index (χ3n) is 2.07. The molecule has 0 atom stereocenters. The van der Waals surface area contributed by atoms with Crippen molar-refractivity contribution in [1.29, 1.82) is 0 Å². The number of halogens is 2. The van der Waals surface area contributed by atoms with E-state index >= 15 is 0 Å². The van der Waals surface area contributed by atoms with Crippen LogP contribution in [-0.4, -0.2) is 34.7 Å². The van der Waals surface area contributed by atoms with Gasteiger partial charge in [0.25, 0.3) is 0 Å². The van der Waals surface area contributed by atoms with Crippen molar-refractivity contribution in [2.45, 2.75) is 4.90 Å². The van der Waals surface area contributed by atoms with Crippen molar-refractivity contribution in [3.8, 4) is 0 Å². The number of hydrogen-bond acceptors (Lipinski definition) is 5. The lowest BCUT2D eigenvalue weighted by Gasteiger charge is -2.07. The van der Waals surface area contributed by atoms with Crippen molar-refractivity contribution in [2.75, 3.05) is 20.3 Å². The van der Waals surface area contributed by atoms with E-state index in [1.54, 1.807) is 0 Å². The Morgan fingerprint density at radius 3 is 2.47 bits per heavy atom. The molecule has 9 heteroatoms. The molecule has 0 bridgehead atoms. The van der Waals surface area contributed by atoms with Gasteiger partial charge < -0.3 is 9.47 Å². The Balaban J connectivity index is 3.13. The molecule has 0 spiro atoms. The quantitative estimate of drug-likeness (QED) is 0.627. The Morgan fingerprint density at radius 1 is 1.32 bits per heavy atom. The molecule has 0 amide bonds. The predicted molar refractivity (Wildman–Crippen MR) is 59.9 cm³/mol. The van der Waals surface area contributed by atoms with E-state index in [2.05, 4.69) is 9.47 Å². The summed E-state index contributed by atoms with van der Waals surface area (Å²) in [6.45, 7) is -0.124. The number of ether oxygens (including phenoxy) is 2. The summed E-state index contributed by atoms with van der Waals surface area (Å²) in [4.78, 5) is 10.7. The molecular weight excluding hydrogens is 284 g/mol. The molecule has 0 saturated heterocycles. The highest BCUT2D eigenvalue weighted by Crippen LogP contribution is 2.18. The summed E-state index contributed by atoms with van der Waals surface area (Å²) in [7, 11) is -2.91. The lowest BCUT2D eigenvalue weighted by molar-refractivity contribution is 0.0381. The molecule has 0 aliphatic carbocycles. The SMILES string of the molecule is COCCOC(=O)c1cc(S(N)(=O)=O)cc(F)c1F. The second-order valence-electron chi connectivity index (χ2n) is 3.44. The smallest absolute Gasteiger partial charge is 0.341 e. The minimum atomic E-state index is -4.26. The van der Waals surface area contributed by atoms with Crippen LogP contribution < -0.4 is 5.14 Å². The van der Waals surface area contributed by atoms with Crippen LogP contribution in [0.15, 0.2) is 17.0 Å². The van der Waals surface area contributed by atoms with E-state index < -0.39 is 38.1 Å². The number of benzene rings is 1. The highest BCUT2D eigenvalue weighted by Gasteiger charge is 2.22. The number of carbonyl (C=O) groups excluding carboxylic acids is 1. The number of rotatable bonds is 5. The van der Waals surface area contributed by atoms with Crippen molar-refractivity contribution in [3.05, 3.63) is 29.3 Å². The normalized spacial score (nSPS) is 11.4. The van der Waals surface area contributed by atoms with Gasteiger partial charge in [-0.05, 0) is 12.1 Å². The van der Waals surface area contributed by atoms with Gasteiger partial charge in [-0.15, -0.1) is 0 Å². The van der Waals surface area contributed by atoms with Crippen LogP contribution in [0.5, 0.6) is 0 Å². The van der Waals surface area contributed by atoms with Crippen molar-refractivity contribution in [3.63, 3.8) is 0 Å². The van der Waals surface area contributed by atoms with Crippen molar-refractivity contribution in [1.82, 2.24) is 0 Å². The van der Waals surface area contributed by atoms with Crippen LogP contribution in [0.2, 0.25) is 0 Å². The summed E-state index contributed by atoms with van der Waals surface area (Å²) in [6, 6.07) is 0.999. The molecule has 1 aromatic rings. The summed E-state index contributed by atoms with van der Waals surface area (Å²) in [5.74, 6) is -4.22. The van der Waals surface area contributed by atoms with E-state index in [0.29, 0.717) is 12.1 Å². The number of esters is 1. The lowest BCUT2D eigenvalue weighted by Crippen LogP contribution is -2.17. The van der Waals surface area contributed by atoms with Gasteiger partial charge >= 0.3 is 5.97 Å². The summed E-state index contributed by atoms with van der Waals surface area (Å²) >= 11 is 0. The van der Waals surface area contributed by atoms with E-state index in [9.17, 15) is 22.0 Å². The van der Waals surface area contributed by atoms with Crippen LogP contribution in [-0.2, 0) is 19.5 Å². The molecule has 106 valence electrons. The van der Waals surface area contributed by atoms with Crippen LogP contribution in [0.3, 0.4) is 0 Å². The van der Waals surface area contributed by atoms with Crippen LogP contribution in [0.1, 0.15) is 10.4 Å². The van der Waals surface area contributed by atoms with Crippen LogP contribution in [0.4, 0.5) is 8.78 Å². The molecule has 0 radical (unpaired) electrons. The van der Waals surface area contributed by atoms with E-state index in [1.165, 1.54) is 7.11 Å². The maximum absolute atomic E-state index is 13.4. The van der Waals surface area contributed by atoms with Gasteiger partial charge in [-0.2, -0.15) is 0 Å². The molecular formula is C10H11F2NO5S. The average Bonchev–Trinajstić information content (AvgIpc) is 2.31. The van der Waals surface area contributed by atoms with Gasteiger partial charge in [0.2, 0.25) is 10.0 Å². The van der Waals surface area contributed by atoms with E-state index in [-0.39, 0.29) is 13.2 Å². The summed E-state index contributed by atoms with van der Waals surface area (Å²) in [6.07, 6.45) is 0. The minimum Gasteiger partial charge on any atom is -0.460 e. The molecule has 0 unspecified atom stereocenters. The highest BCUT2D eigenvalue weighted by atomic mass is 32.2.